The summed E-state index contributed by atoms with van der Waals surface area (Å²) in [4.78, 5) is 0. The molecule has 2 rings (SSSR count). The Morgan fingerprint density at radius 2 is 2.07 bits per heavy atom. The Labute approximate surface area is 89.8 Å². The normalized spacial score (nSPS) is 31.3. The van der Waals surface area contributed by atoms with Gasteiger partial charge >= 0.3 is 0 Å². The Morgan fingerprint density at radius 1 is 1.47 bits per heavy atom. The van der Waals surface area contributed by atoms with Crippen molar-refractivity contribution in [3.63, 3.8) is 0 Å². The number of benzene rings is 1. The average molecular weight is 207 g/mol. The zero-order chi connectivity index (χ0) is 10.9. The molecule has 1 saturated carbocycles. The molecule has 1 unspecified atom stereocenters. The SMILES string of the molecule is C[C@H]1CC1(O)N[C@@H](CO)c1ccccc1. The number of aliphatic hydroxyl groups is 2. The Morgan fingerprint density at radius 3 is 2.53 bits per heavy atom. The number of nitrogens with one attached hydrogen (secondary N) is 1. The lowest BCUT2D eigenvalue weighted by Crippen LogP contribution is -2.37. The smallest absolute Gasteiger partial charge is 0.119 e. The first-order valence-corrected chi connectivity index (χ1v) is 5.31. The Balaban J connectivity index is 2.06. The monoisotopic (exact) mass is 207 g/mol. The molecule has 3 heteroatoms. The van der Waals surface area contributed by atoms with Gasteiger partial charge in [0.2, 0.25) is 0 Å². The van der Waals surface area contributed by atoms with Gasteiger partial charge < -0.3 is 10.2 Å². The summed E-state index contributed by atoms with van der Waals surface area (Å²) in [5, 5.41) is 22.3. The summed E-state index contributed by atoms with van der Waals surface area (Å²) in [7, 11) is 0. The van der Waals surface area contributed by atoms with Crippen LogP contribution >= 0.6 is 0 Å². The number of hydrogen-bond acceptors (Lipinski definition) is 3. The van der Waals surface area contributed by atoms with E-state index >= 15 is 0 Å². The van der Waals surface area contributed by atoms with Crippen LogP contribution in [-0.4, -0.2) is 22.5 Å². The molecule has 0 aromatic heterocycles. The third kappa shape index (κ3) is 2.20. The highest BCUT2D eigenvalue weighted by molar-refractivity contribution is 5.20. The summed E-state index contributed by atoms with van der Waals surface area (Å²) in [5.41, 5.74) is 0.232. The second-order valence-corrected chi connectivity index (χ2v) is 4.32. The third-order valence-electron chi connectivity index (χ3n) is 3.08. The molecule has 0 bridgehead atoms. The van der Waals surface area contributed by atoms with Crippen molar-refractivity contribution in [2.75, 3.05) is 6.61 Å². The molecule has 0 aliphatic heterocycles. The van der Waals surface area contributed by atoms with Gasteiger partial charge in [0.25, 0.3) is 0 Å². The first-order valence-electron chi connectivity index (χ1n) is 5.31. The van der Waals surface area contributed by atoms with E-state index in [9.17, 15) is 10.2 Å². The lowest BCUT2D eigenvalue weighted by Gasteiger charge is -2.21. The van der Waals surface area contributed by atoms with Crippen molar-refractivity contribution in [2.45, 2.75) is 25.1 Å². The maximum absolute atomic E-state index is 9.94. The number of aliphatic hydroxyl groups excluding tert-OH is 1. The molecular formula is C12H17NO2. The Hall–Kier alpha value is -0.900. The second kappa shape index (κ2) is 3.93. The largest absolute Gasteiger partial charge is 0.394 e. The summed E-state index contributed by atoms with van der Waals surface area (Å²) >= 11 is 0. The van der Waals surface area contributed by atoms with Crippen LogP contribution in [0.4, 0.5) is 0 Å². The maximum Gasteiger partial charge on any atom is 0.119 e. The van der Waals surface area contributed by atoms with Crippen LogP contribution in [0.2, 0.25) is 0 Å². The molecule has 1 aromatic rings. The van der Waals surface area contributed by atoms with Gasteiger partial charge in [0.15, 0.2) is 0 Å². The van der Waals surface area contributed by atoms with E-state index in [0.717, 1.165) is 12.0 Å². The molecule has 0 spiro atoms. The van der Waals surface area contributed by atoms with Crippen LogP contribution in [0.3, 0.4) is 0 Å². The van der Waals surface area contributed by atoms with E-state index in [1.807, 2.05) is 37.3 Å². The van der Waals surface area contributed by atoms with Gasteiger partial charge in [-0.25, -0.2) is 0 Å². The second-order valence-electron chi connectivity index (χ2n) is 4.32. The van der Waals surface area contributed by atoms with Crippen molar-refractivity contribution >= 4 is 0 Å². The molecular weight excluding hydrogens is 190 g/mol. The fourth-order valence-electron chi connectivity index (χ4n) is 1.83. The van der Waals surface area contributed by atoms with Gasteiger partial charge in [-0.2, -0.15) is 0 Å². The first kappa shape index (κ1) is 10.6. The molecule has 82 valence electrons. The van der Waals surface area contributed by atoms with Gasteiger partial charge in [-0.15, -0.1) is 0 Å². The van der Waals surface area contributed by atoms with E-state index in [4.69, 9.17) is 0 Å². The highest BCUT2D eigenvalue weighted by Gasteiger charge is 2.50. The summed E-state index contributed by atoms with van der Waals surface area (Å²) in [6.45, 7) is 1.99. The third-order valence-corrected chi connectivity index (χ3v) is 3.08. The van der Waals surface area contributed by atoms with Gasteiger partial charge in [-0.1, -0.05) is 37.3 Å². The van der Waals surface area contributed by atoms with E-state index in [1.54, 1.807) is 0 Å². The summed E-state index contributed by atoms with van der Waals surface area (Å²) in [6, 6.07) is 9.52. The number of hydrogen-bond donors (Lipinski definition) is 3. The zero-order valence-electron chi connectivity index (χ0n) is 8.85. The fourth-order valence-corrected chi connectivity index (χ4v) is 1.83. The summed E-state index contributed by atoms with van der Waals surface area (Å²) in [5.74, 6) is 0.273. The van der Waals surface area contributed by atoms with Crippen LogP contribution in [0.1, 0.15) is 24.9 Å². The molecule has 0 saturated heterocycles. The highest BCUT2D eigenvalue weighted by Crippen LogP contribution is 2.41. The van der Waals surface area contributed by atoms with E-state index in [0.29, 0.717) is 0 Å². The highest BCUT2D eigenvalue weighted by atomic mass is 16.3. The molecule has 3 nitrogen and oxygen atoms in total. The van der Waals surface area contributed by atoms with Crippen molar-refractivity contribution < 1.29 is 10.2 Å². The van der Waals surface area contributed by atoms with Crippen LogP contribution < -0.4 is 5.32 Å². The Kier molecular flexibility index (Phi) is 2.78. The predicted octanol–water partition coefficient (Wildman–Crippen LogP) is 1.04. The standard InChI is InChI=1S/C12H17NO2/c1-9-7-12(9,15)13-11(8-14)10-5-3-2-4-6-10/h2-6,9,11,13-15H,7-8H2,1H3/t9-,11-,12?/m0/s1. The number of rotatable bonds is 4. The fraction of sp³-hybridized carbons (Fsp3) is 0.500. The molecule has 3 N–H and O–H groups in total. The van der Waals surface area contributed by atoms with Crippen molar-refractivity contribution in [1.29, 1.82) is 0 Å². The van der Waals surface area contributed by atoms with Crippen molar-refractivity contribution in [2.24, 2.45) is 5.92 Å². The van der Waals surface area contributed by atoms with Crippen LogP contribution in [0, 0.1) is 5.92 Å². The molecule has 1 aromatic carbocycles. The predicted molar refractivity (Wildman–Crippen MR) is 58.1 cm³/mol. The molecule has 3 atom stereocenters. The van der Waals surface area contributed by atoms with Gasteiger partial charge in [0, 0.05) is 5.92 Å². The lowest BCUT2D eigenvalue weighted by molar-refractivity contribution is 0.0682. The Bertz CT molecular complexity index is 328. The molecule has 15 heavy (non-hydrogen) atoms. The minimum atomic E-state index is -0.775. The van der Waals surface area contributed by atoms with Gasteiger partial charge in [-0.05, 0) is 12.0 Å². The zero-order valence-corrected chi connectivity index (χ0v) is 8.85. The van der Waals surface area contributed by atoms with Crippen LogP contribution in [0.15, 0.2) is 30.3 Å². The van der Waals surface area contributed by atoms with E-state index in [2.05, 4.69) is 5.32 Å². The van der Waals surface area contributed by atoms with Gasteiger partial charge in [-0.3, -0.25) is 5.32 Å². The minimum Gasteiger partial charge on any atom is -0.394 e. The van der Waals surface area contributed by atoms with Crippen molar-refractivity contribution in [3.8, 4) is 0 Å². The van der Waals surface area contributed by atoms with E-state index < -0.39 is 5.72 Å². The molecule has 1 aliphatic carbocycles. The summed E-state index contributed by atoms with van der Waals surface area (Å²) in [6.07, 6.45) is 0.760. The minimum absolute atomic E-state index is 0.000949. The van der Waals surface area contributed by atoms with Crippen LogP contribution in [-0.2, 0) is 0 Å². The summed E-state index contributed by atoms with van der Waals surface area (Å²) < 4.78 is 0. The van der Waals surface area contributed by atoms with Crippen molar-refractivity contribution in [1.82, 2.24) is 5.32 Å². The average Bonchev–Trinajstić information content (AvgIpc) is 2.85. The quantitative estimate of drug-likeness (QED) is 0.647. The molecule has 0 amide bonds. The first-order chi connectivity index (χ1) is 7.15. The molecule has 0 radical (unpaired) electrons. The molecule has 1 aliphatic rings. The lowest BCUT2D eigenvalue weighted by atomic mass is 10.1. The van der Waals surface area contributed by atoms with E-state index in [-0.39, 0.29) is 18.6 Å². The van der Waals surface area contributed by atoms with Crippen molar-refractivity contribution in [3.05, 3.63) is 35.9 Å². The van der Waals surface area contributed by atoms with Gasteiger partial charge in [0.05, 0.1) is 12.6 Å². The molecule has 0 heterocycles. The van der Waals surface area contributed by atoms with Crippen LogP contribution in [0.25, 0.3) is 0 Å². The topological polar surface area (TPSA) is 52.5 Å². The molecule has 1 fully saturated rings. The van der Waals surface area contributed by atoms with Gasteiger partial charge in [0.1, 0.15) is 5.72 Å². The van der Waals surface area contributed by atoms with Crippen LogP contribution in [0.5, 0.6) is 0 Å². The van der Waals surface area contributed by atoms with E-state index in [1.165, 1.54) is 0 Å². The maximum atomic E-state index is 9.94.